The molecule has 17 heavy (non-hydrogen) atoms. The quantitative estimate of drug-likeness (QED) is 0.716. The summed E-state index contributed by atoms with van der Waals surface area (Å²) in [5.41, 5.74) is -0.548. The van der Waals surface area contributed by atoms with Crippen molar-refractivity contribution in [3.63, 3.8) is 0 Å². The number of nitrogens with one attached hydrogen (secondary N) is 2. The number of sulfonamides is 1. The lowest BCUT2D eigenvalue weighted by Crippen LogP contribution is -2.29. The van der Waals surface area contributed by atoms with Gasteiger partial charge in [0.1, 0.15) is 4.90 Å². The van der Waals surface area contributed by atoms with Crippen molar-refractivity contribution in [3.8, 4) is 6.07 Å². The van der Waals surface area contributed by atoms with Crippen LogP contribution in [0.2, 0.25) is 0 Å². The average Bonchev–Trinajstić information content (AvgIpc) is 2.29. The highest BCUT2D eigenvalue weighted by Gasteiger charge is 2.16. The first-order valence-electron chi connectivity index (χ1n) is 5.11. The number of pyridine rings is 1. The molecule has 0 radical (unpaired) electrons. The van der Waals surface area contributed by atoms with Gasteiger partial charge in [-0.2, -0.15) is 5.26 Å². The highest BCUT2D eigenvalue weighted by molar-refractivity contribution is 7.89. The van der Waals surface area contributed by atoms with Crippen LogP contribution in [0.25, 0.3) is 0 Å². The summed E-state index contributed by atoms with van der Waals surface area (Å²) in [6.45, 7) is 0.221. The molecule has 0 aliphatic carbocycles. The normalized spacial score (nSPS) is 11.0. The second-order valence-corrected chi connectivity index (χ2v) is 5.12. The second kappa shape index (κ2) is 6.18. The summed E-state index contributed by atoms with van der Waals surface area (Å²) in [6, 6.07) is 3.13. The van der Waals surface area contributed by atoms with Crippen molar-refractivity contribution in [1.29, 1.82) is 5.26 Å². The maximum atomic E-state index is 11.7. The van der Waals surface area contributed by atoms with Gasteiger partial charge in [0.15, 0.2) is 0 Å². The molecule has 0 bridgehead atoms. The van der Waals surface area contributed by atoms with Crippen LogP contribution in [-0.2, 0) is 10.0 Å². The number of rotatable bonds is 6. The number of unbranched alkanes of at least 4 members (excludes halogenated alkanes) is 2. The first-order chi connectivity index (χ1) is 8.08. The minimum absolute atomic E-state index is 0.221. The molecule has 2 N–H and O–H groups in total. The van der Waals surface area contributed by atoms with Gasteiger partial charge in [-0.25, -0.2) is 13.1 Å². The van der Waals surface area contributed by atoms with Crippen LogP contribution in [0.3, 0.4) is 0 Å². The van der Waals surface area contributed by atoms with Gasteiger partial charge in [0, 0.05) is 31.4 Å². The van der Waals surface area contributed by atoms with Crippen molar-refractivity contribution in [3.05, 3.63) is 28.7 Å². The van der Waals surface area contributed by atoms with E-state index in [0.29, 0.717) is 19.3 Å². The molecule has 0 aromatic carbocycles. The van der Waals surface area contributed by atoms with E-state index in [1.165, 1.54) is 6.20 Å². The zero-order valence-electron chi connectivity index (χ0n) is 9.14. The maximum absolute atomic E-state index is 11.7. The van der Waals surface area contributed by atoms with Gasteiger partial charge in [-0.05, 0) is 12.8 Å². The van der Waals surface area contributed by atoms with Crippen LogP contribution < -0.4 is 10.2 Å². The van der Waals surface area contributed by atoms with Crippen LogP contribution in [-0.4, -0.2) is 19.9 Å². The molecule has 1 aromatic heterocycles. The number of nitriles is 1. The summed E-state index contributed by atoms with van der Waals surface area (Å²) >= 11 is 0. The Morgan fingerprint density at radius 3 is 2.82 bits per heavy atom. The van der Waals surface area contributed by atoms with Crippen molar-refractivity contribution in [2.45, 2.75) is 24.2 Å². The average molecular weight is 255 g/mol. The van der Waals surface area contributed by atoms with Crippen LogP contribution in [0.1, 0.15) is 19.3 Å². The Morgan fingerprint density at radius 2 is 2.18 bits per heavy atom. The maximum Gasteiger partial charge on any atom is 0.245 e. The van der Waals surface area contributed by atoms with Gasteiger partial charge in [0.05, 0.1) is 6.07 Å². The van der Waals surface area contributed by atoms with Crippen LogP contribution in [0, 0.1) is 11.3 Å². The highest BCUT2D eigenvalue weighted by Crippen LogP contribution is 2.00. The van der Waals surface area contributed by atoms with Crippen LogP contribution in [0.4, 0.5) is 0 Å². The van der Waals surface area contributed by atoms with E-state index in [1.807, 2.05) is 6.07 Å². The van der Waals surface area contributed by atoms with Crippen molar-refractivity contribution in [2.24, 2.45) is 0 Å². The Balaban J connectivity index is 2.62. The highest BCUT2D eigenvalue weighted by atomic mass is 32.2. The number of hydrogen-bond donors (Lipinski definition) is 2. The minimum Gasteiger partial charge on any atom is -0.366 e. The molecule has 1 heterocycles. The molecule has 92 valence electrons. The monoisotopic (exact) mass is 255 g/mol. The Hall–Kier alpha value is -1.65. The lowest BCUT2D eigenvalue weighted by molar-refractivity contribution is 0.576. The molecule has 0 amide bonds. The molecule has 0 saturated carbocycles. The number of hydrogen-bond acceptors (Lipinski definition) is 4. The van der Waals surface area contributed by atoms with E-state index >= 15 is 0 Å². The summed E-state index contributed by atoms with van der Waals surface area (Å²) < 4.78 is 25.7. The third-order valence-corrected chi connectivity index (χ3v) is 3.57. The minimum atomic E-state index is -3.75. The van der Waals surface area contributed by atoms with Crippen molar-refractivity contribution >= 4 is 10.0 Å². The van der Waals surface area contributed by atoms with Crippen molar-refractivity contribution in [2.75, 3.05) is 6.54 Å². The Bertz CT molecular complexity index is 557. The molecule has 0 saturated heterocycles. The van der Waals surface area contributed by atoms with Crippen LogP contribution in [0.15, 0.2) is 28.2 Å². The van der Waals surface area contributed by atoms with Crippen molar-refractivity contribution < 1.29 is 8.42 Å². The number of aromatic amines is 1. The Kier molecular flexibility index (Phi) is 4.87. The topological polar surface area (TPSA) is 103 Å². The molecular weight excluding hydrogens is 242 g/mol. The van der Waals surface area contributed by atoms with E-state index in [1.54, 1.807) is 0 Å². The molecular formula is C10H13N3O3S. The summed E-state index contributed by atoms with van der Waals surface area (Å²) in [5, 5.41) is 8.31. The molecule has 0 aliphatic rings. The summed E-state index contributed by atoms with van der Waals surface area (Å²) in [5.74, 6) is 0. The number of aromatic nitrogens is 1. The smallest absolute Gasteiger partial charge is 0.245 e. The van der Waals surface area contributed by atoms with E-state index in [9.17, 15) is 13.2 Å². The predicted molar refractivity (Wildman–Crippen MR) is 61.7 cm³/mol. The first kappa shape index (κ1) is 13.4. The number of nitrogens with zero attached hydrogens (tertiary/aromatic N) is 1. The molecule has 0 atom stereocenters. The SMILES string of the molecule is N#CCCCCNS(=O)(=O)c1c[nH]ccc1=O. The fourth-order valence-electron chi connectivity index (χ4n) is 1.22. The van der Waals surface area contributed by atoms with Crippen LogP contribution in [0.5, 0.6) is 0 Å². The first-order valence-corrected chi connectivity index (χ1v) is 6.60. The third kappa shape index (κ3) is 4.01. The van der Waals surface area contributed by atoms with E-state index in [0.717, 1.165) is 12.3 Å². The molecule has 0 fully saturated rings. The van der Waals surface area contributed by atoms with Gasteiger partial charge in [-0.3, -0.25) is 4.79 Å². The summed E-state index contributed by atoms with van der Waals surface area (Å²) in [6.07, 6.45) is 4.11. The van der Waals surface area contributed by atoms with Crippen LogP contribution >= 0.6 is 0 Å². The zero-order valence-corrected chi connectivity index (χ0v) is 9.96. The van der Waals surface area contributed by atoms with Crippen molar-refractivity contribution in [1.82, 2.24) is 9.71 Å². The van der Waals surface area contributed by atoms with Gasteiger partial charge >= 0.3 is 0 Å². The van der Waals surface area contributed by atoms with E-state index in [2.05, 4.69) is 9.71 Å². The summed E-state index contributed by atoms with van der Waals surface area (Å²) in [4.78, 5) is 13.6. The van der Waals surface area contributed by atoms with Gasteiger partial charge in [0.2, 0.25) is 15.5 Å². The zero-order chi connectivity index (χ0) is 12.7. The second-order valence-electron chi connectivity index (χ2n) is 3.39. The third-order valence-electron chi connectivity index (χ3n) is 2.09. The van der Waals surface area contributed by atoms with Gasteiger partial charge in [0.25, 0.3) is 0 Å². The van der Waals surface area contributed by atoms with E-state index in [-0.39, 0.29) is 11.4 Å². The van der Waals surface area contributed by atoms with Gasteiger partial charge in [-0.1, -0.05) is 0 Å². The molecule has 1 aromatic rings. The molecule has 0 spiro atoms. The van der Waals surface area contributed by atoms with E-state index in [4.69, 9.17) is 5.26 Å². The molecule has 7 heteroatoms. The standard InChI is InChI=1S/C10H13N3O3S/c11-5-2-1-3-6-13-17(15,16)10-8-12-7-4-9(10)14/h4,7-8,13H,1-3,6H2,(H,12,14). The van der Waals surface area contributed by atoms with E-state index < -0.39 is 15.5 Å². The summed E-state index contributed by atoms with van der Waals surface area (Å²) in [7, 11) is -3.75. The largest absolute Gasteiger partial charge is 0.366 e. The molecule has 0 aliphatic heterocycles. The molecule has 1 rings (SSSR count). The number of H-pyrrole nitrogens is 1. The molecule has 0 unspecified atom stereocenters. The fraction of sp³-hybridized carbons (Fsp3) is 0.400. The fourth-order valence-corrected chi connectivity index (χ4v) is 2.35. The molecule has 6 nitrogen and oxygen atoms in total. The predicted octanol–water partition coefficient (Wildman–Crippen LogP) is 0.347. The Morgan fingerprint density at radius 1 is 1.41 bits per heavy atom. The van der Waals surface area contributed by atoms with Gasteiger partial charge in [-0.15, -0.1) is 0 Å². The van der Waals surface area contributed by atoms with Gasteiger partial charge < -0.3 is 4.98 Å². The lowest BCUT2D eigenvalue weighted by Gasteiger charge is -2.04. The lowest BCUT2D eigenvalue weighted by atomic mass is 10.2. The Labute approximate surface area is 99.3 Å².